The Morgan fingerprint density at radius 3 is 1.70 bits per heavy atom. The van der Waals surface area contributed by atoms with Crippen molar-refractivity contribution in [1.82, 2.24) is 0 Å². The fourth-order valence-electron chi connectivity index (χ4n) is 0.736. The van der Waals surface area contributed by atoms with Gasteiger partial charge in [-0.15, -0.1) is 0 Å². The molecule has 58 valence electrons. The average Bonchev–Trinajstić information content (AvgIpc) is 1.61. The van der Waals surface area contributed by atoms with Crippen molar-refractivity contribution in [2.75, 3.05) is 0 Å². The van der Waals surface area contributed by atoms with Gasteiger partial charge >= 0.3 is 0 Å². The molecule has 0 saturated heterocycles. The van der Waals surface area contributed by atoms with E-state index < -0.39 is 8.07 Å². The largest absolute Gasteiger partial charge is 0.0910 e. The van der Waals surface area contributed by atoms with Gasteiger partial charge in [-0.1, -0.05) is 46.2 Å². The van der Waals surface area contributed by atoms with Gasteiger partial charge < -0.3 is 0 Å². The van der Waals surface area contributed by atoms with Crippen LogP contribution in [0.1, 0.15) is 20.8 Å². The predicted molar refractivity (Wildman–Crippen MR) is 52.6 cm³/mol. The Balaban J connectivity index is 4.10. The van der Waals surface area contributed by atoms with Crippen molar-refractivity contribution in [3.8, 4) is 0 Å². The van der Waals surface area contributed by atoms with E-state index in [9.17, 15) is 0 Å². The molecule has 0 atom stereocenters. The molecule has 0 fully saturated rings. The summed E-state index contributed by atoms with van der Waals surface area (Å²) in [6.07, 6.45) is 0.858. The molecule has 0 aromatic heterocycles. The molecule has 0 aliphatic rings. The molecule has 0 nitrogen and oxygen atoms in total. The number of rotatable bonds is 2. The first-order valence-electron chi connectivity index (χ1n) is 4.01. The van der Waals surface area contributed by atoms with E-state index in [-0.39, 0.29) is 0 Å². The van der Waals surface area contributed by atoms with Gasteiger partial charge in [0.2, 0.25) is 0 Å². The molecular weight excluding hydrogens is 135 g/mol. The minimum Gasteiger partial charge on any atom is -0.0910 e. The summed E-state index contributed by atoms with van der Waals surface area (Å²) in [5, 5.41) is 0.506. The molecule has 0 rings (SSSR count). The van der Waals surface area contributed by atoms with Gasteiger partial charge in [0.1, 0.15) is 0 Å². The topological polar surface area (TPSA) is 0 Å². The van der Waals surface area contributed by atoms with Gasteiger partial charge in [-0.25, -0.2) is 0 Å². The van der Waals surface area contributed by atoms with Crippen molar-refractivity contribution < 1.29 is 0 Å². The lowest BCUT2D eigenvalue weighted by Crippen LogP contribution is -2.36. The van der Waals surface area contributed by atoms with Crippen molar-refractivity contribution in [3.63, 3.8) is 0 Å². The van der Waals surface area contributed by atoms with Crippen LogP contribution in [-0.2, 0) is 0 Å². The van der Waals surface area contributed by atoms with Crippen LogP contribution in [-0.4, -0.2) is 15.9 Å². The molecular formula is C8H19BSi. The van der Waals surface area contributed by atoms with Crippen molar-refractivity contribution in [3.05, 3.63) is 0 Å². The average molecular weight is 154 g/mol. The first-order chi connectivity index (χ1) is 4.31. The van der Waals surface area contributed by atoms with Gasteiger partial charge in [0.25, 0.3) is 0 Å². The second-order valence-corrected chi connectivity index (χ2v) is 10.4. The van der Waals surface area contributed by atoms with E-state index in [1.807, 2.05) is 0 Å². The molecule has 2 heteroatoms. The number of hydrogen-bond donors (Lipinski definition) is 0. The Kier molecular flexibility index (Phi) is 3.21. The summed E-state index contributed by atoms with van der Waals surface area (Å²) in [5.41, 5.74) is 0. The molecule has 0 heterocycles. The van der Waals surface area contributed by atoms with Crippen LogP contribution >= 0.6 is 0 Å². The molecule has 0 unspecified atom stereocenters. The summed E-state index contributed by atoms with van der Waals surface area (Å²) in [6.45, 7) is 11.8. The highest BCUT2D eigenvalue weighted by Crippen LogP contribution is 2.38. The van der Waals surface area contributed by atoms with Crippen molar-refractivity contribution in [2.45, 2.75) is 51.3 Å². The molecule has 0 aliphatic carbocycles. The molecule has 0 amide bonds. The molecule has 0 aromatic carbocycles. The second kappa shape index (κ2) is 3.12. The van der Waals surface area contributed by atoms with Gasteiger partial charge in [0.05, 0.1) is 15.9 Å². The summed E-state index contributed by atoms with van der Waals surface area (Å²) in [4.78, 5) is 0. The van der Waals surface area contributed by atoms with E-state index >= 15 is 0 Å². The molecule has 0 aliphatic heterocycles. The Hall–Kier alpha value is 0.282. The monoisotopic (exact) mass is 154 g/mol. The first-order valence-corrected chi connectivity index (χ1v) is 7.22. The third-order valence-electron chi connectivity index (χ3n) is 2.80. The van der Waals surface area contributed by atoms with Gasteiger partial charge in [-0.2, -0.15) is 0 Å². The van der Waals surface area contributed by atoms with Gasteiger partial charge in [0.15, 0.2) is 0 Å². The zero-order valence-electron chi connectivity index (χ0n) is 7.99. The van der Waals surface area contributed by atoms with Crippen LogP contribution in [0.25, 0.3) is 0 Å². The van der Waals surface area contributed by atoms with Crippen LogP contribution in [0.4, 0.5) is 0 Å². The van der Waals surface area contributed by atoms with E-state index in [1.54, 1.807) is 0 Å². The lowest BCUT2D eigenvalue weighted by Gasteiger charge is -2.36. The SMILES string of the molecule is [B]CC[Si](C)(C)C(C)(C)C. The normalized spacial score (nSPS) is 13.7. The molecule has 10 heavy (non-hydrogen) atoms. The van der Waals surface area contributed by atoms with Crippen LogP contribution in [0.5, 0.6) is 0 Å². The first kappa shape index (κ1) is 10.3. The van der Waals surface area contributed by atoms with E-state index in [2.05, 4.69) is 33.9 Å². The molecule has 2 radical (unpaired) electrons. The fourth-order valence-corrected chi connectivity index (χ4v) is 2.21. The predicted octanol–water partition coefficient (Wildman–Crippen LogP) is 3.08. The van der Waals surface area contributed by atoms with Crippen LogP contribution in [0.15, 0.2) is 0 Å². The highest BCUT2D eigenvalue weighted by molar-refractivity contribution is 6.80. The lowest BCUT2D eigenvalue weighted by atomic mass is 10.1. The van der Waals surface area contributed by atoms with Crippen molar-refractivity contribution in [1.29, 1.82) is 0 Å². The van der Waals surface area contributed by atoms with Gasteiger partial charge in [-0.05, 0) is 5.04 Å². The summed E-state index contributed by atoms with van der Waals surface area (Å²) in [6, 6.07) is 1.25. The lowest BCUT2D eigenvalue weighted by molar-refractivity contribution is 0.716. The minimum atomic E-state index is -1.03. The summed E-state index contributed by atoms with van der Waals surface area (Å²) >= 11 is 0. The van der Waals surface area contributed by atoms with E-state index in [0.29, 0.717) is 5.04 Å². The van der Waals surface area contributed by atoms with Gasteiger partial charge in [0, 0.05) is 0 Å². The number of hydrogen-bond acceptors (Lipinski definition) is 0. The maximum Gasteiger partial charge on any atom is 0.0649 e. The molecule has 0 bridgehead atoms. The van der Waals surface area contributed by atoms with Gasteiger partial charge in [-0.3, -0.25) is 0 Å². The van der Waals surface area contributed by atoms with Crippen LogP contribution < -0.4 is 0 Å². The van der Waals surface area contributed by atoms with E-state index in [0.717, 1.165) is 6.32 Å². The van der Waals surface area contributed by atoms with Crippen molar-refractivity contribution >= 4 is 15.9 Å². The molecule has 0 spiro atoms. The van der Waals surface area contributed by atoms with Crippen LogP contribution in [0.2, 0.25) is 30.5 Å². The van der Waals surface area contributed by atoms with Crippen LogP contribution in [0.3, 0.4) is 0 Å². The maximum absolute atomic E-state index is 5.55. The Labute approximate surface area is 67.8 Å². The summed E-state index contributed by atoms with van der Waals surface area (Å²) < 4.78 is 0. The fraction of sp³-hybridized carbons (Fsp3) is 1.00. The molecule has 0 N–H and O–H groups in total. The summed E-state index contributed by atoms with van der Waals surface area (Å²) in [5.74, 6) is 0. The van der Waals surface area contributed by atoms with Crippen LogP contribution in [0, 0.1) is 0 Å². The van der Waals surface area contributed by atoms with E-state index in [1.165, 1.54) is 6.04 Å². The highest BCUT2D eigenvalue weighted by Gasteiger charge is 2.33. The maximum atomic E-state index is 5.55. The minimum absolute atomic E-state index is 0.506. The molecule has 0 aromatic rings. The quantitative estimate of drug-likeness (QED) is 0.536. The zero-order valence-corrected chi connectivity index (χ0v) is 8.99. The zero-order chi connectivity index (χ0) is 8.41. The van der Waals surface area contributed by atoms with E-state index in [4.69, 9.17) is 7.85 Å². The Morgan fingerprint density at radius 2 is 1.60 bits per heavy atom. The highest BCUT2D eigenvalue weighted by atomic mass is 28.3. The summed E-state index contributed by atoms with van der Waals surface area (Å²) in [7, 11) is 4.52. The Morgan fingerprint density at radius 1 is 1.20 bits per heavy atom. The third kappa shape index (κ3) is 2.49. The Bertz CT molecular complexity index is 102. The molecule has 0 saturated carbocycles. The van der Waals surface area contributed by atoms with Crippen molar-refractivity contribution in [2.24, 2.45) is 0 Å². The standard InChI is InChI=1S/C8H19BSi/c1-8(2,3)10(4,5)7-6-9/h6-7H2,1-5H3. The smallest absolute Gasteiger partial charge is 0.0649 e. The second-order valence-electron chi connectivity index (χ2n) is 4.67. The third-order valence-corrected chi connectivity index (χ3v) is 8.40.